The summed E-state index contributed by atoms with van der Waals surface area (Å²) < 4.78 is 1.33. The topological polar surface area (TPSA) is 0 Å². The molecule has 2 aliphatic rings. The molecule has 0 N–H and O–H groups in total. The first kappa shape index (κ1) is 34.8. The van der Waals surface area contributed by atoms with Gasteiger partial charge in [-0.1, -0.05) is 104 Å². The summed E-state index contributed by atoms with van der Waals surface area (Å²) in [5.41, 5.74) is 13.0. The summed E-state index contributed by atoms with van der Waals surface area (Å²) in [6.45, 7) is 22.5. The second kappa shape index (κ2) is 14.2. The quantitative estimate of drug-likeness (QED) is 0.135. The molecule has 0 fully saturated rings. The molecule has 0 radical (unpaired) electrons. The molecule has 6 rings (SSSR count). The Hall–Kier alpha value is -3.06. The second-order valence-corrected chi connectivity index (χ2v) is 16.2. The fourth-order valence-corrected chi connectivity index (χ4v) is 5.98. The third-order valence-corrected chi connectivity index (χ3v) is 9.29. The van der Waals surface area contributed by atoms with Crippen LogP contribution in [-0.4, -0.2) is 3.81 Å². The van der Waals surface area contributed by atoms with E-state index in [1.165, 1.54) is 53.9 Å². The molecule has 45 heavy (non-hydrogen) atoms. The predicted octanol–water partition coefficient (Wildman–Crippen LogP) is 11.4. The van der Waals surface area contributed by atoms with Crippen LogP contribution in [-0.2, 0) is 37.2 Å². The fourth-order valence-electron chi connectivity index (χ4n) is 5.46. The van der Waals surface area contributed by atoms with Gasteiger partial charge in [-0.25, -0.2) is 6.08 Å². The Morgan fingerprint density at radius 2 is 1.22 bits per heavy atom. The molecule has 0 aromatic heterocycles. The molecule has 0 amide bonds. The molecule has 4 aromatic carbocycles. The molecule has 0 bridgehead atoms. The normalized spacial score (nSPS) is 15.2. The number of allylic oxidation sites excluding steroid dienone is 4. The SMILES string of the molecule is CC(C)(C)c1[c-]c2c(cc1)-c1ccc(C(C)(C)C)cc1C2.CC1[C-]=CC(C(C)(C)C)=C1.[Ti+2]=[C](c1ccccc1)c1ccccc1. The molecule has 230 valence electrons. The van der Waals surface area contributed by atoms with Crippen molar-refractivity contribution in [2.24, 2.45) is 11.3 Å². The van der Waals surface area contributed by atoms with Gasteiger partial charge >= 0.3 is 95.6 Å². The Morgan fingerprint density at radius 1 is 0.667 bits per heavy atom. The Bertz CT molecular complexity index is 1560. The maximum atomic E-state index is 3.67. The zero-order chi connectivity index (χ0) is 33.0. The summed E-state index contributed by atoms with van der Waals surface area (Å²) in [5, 5.41) is 0. The number of hydrogen-bond donors (Lipinski definition) is 0. The zero-order valence-electron chi connectivity index (χ0n) is 29.1. The van der Waals surface area contributed by atoms with E-state index in [9.17, 15) is 0 Å². The molecule has 0 nitrogen and oxygen atoms in total. The molecular formula is C44H50Ti. The Kier molecular flexibility index (Phi) is 10.9. The van der Waals surface area contributed by atoms with E-state index in [4.69, 9.17) is 0 Å². The van der Waals surface area contributed by atoms with Crippen molar-refractivity contribution in [1.29, 1.82) is 0 Å². The molecule has 2 aliphatic carbocycles. The van der Waals surface area contributed by atoms with Crippen molar-refractivity contribution in [1.82, 2.24) is 0 Å². The summed E-state index contributed by atoms with van der Waals surface area (Å²) >= 11 is 2.16. The van der Waals surface area contributed by atoms with Crippen LogP contribution >= 0.6 is 0 Å². The fraction of sp³-hybridized carbons (Fsp3) is 0.341. The Labute approximate surface area is 285 Å². The van der Waals surface area contributed by atoms with Gasteiger partial charge in [-0.15, -0.1) is 11.1 Å². The van der Waals surface area contributed by atoms with E-state index < -0.39 is 0 Å². The summed E-state index contributed by atoms with van der Waals surface area (Å²) in [5.74, 6) is 0.522. The average Bonchev–Trinajstić information content (AvgIpc) is 3.60. The van der Waals surface area contributed by atoms with E-state index in [0.29, 0.717) is 11.3 Å². The van der Waals surface area contributed by atoms with Crippen LogP contribution in [0, 0.1) is 23.5 Å². The second-order valence-electron chi connectivity index (χ2n) is 15.4. The third-order valence-electron chi connectivity index (χ3n) is 8.39. The molecule has 0 saturated heterocycles. The van der Waals surface area contributed by atoms with Gasteiger partial charge in [0.05, 0.1) is 0 Å². The number of benzene rings is 4. The van der Waals surface area contributed by atoms with Crippen molar-refractivity contribution in [2.45, 2.75) is 86.5 Å². The summed E-state index contributed by atoms with van der Waals surface area (Å²) in [6.07, 6.45) is 8.68. The van der Waals surface area contributed by atoms with Crippen LogP contribution < -0.4 is 0 Å². The van der Waals surface area contributed by atoms with E-state index >= 15 is 0 Å². The van der Waals surface area contributed by atoms with Crippen LogP contribution in [0.4, 0.5) is 0 Å². The van der Waals surface area contributed by atoms with Gasteiger partial charge in [0.1, 0.15) is 0 Å². The molecule has 1 unspecified atom stereocenters. The summed E-state index contributed by atoms with van der Waals surface area (Å²) in [4.78, 5) is 0. The number of rotatable bonds is 2. The van der Waals surface area contributed by atoms with Gasteiger partial charge in [-0.2, -0.15) is 35.4 Å². The van der Waals surface area contributed by atoms with Crippen LogP contribution in [0.3, 0.4) is 0 Å². The van der Waals surface area contributed by atoms with Crippen molar-refractivity contribution < 1.29 is 20.0 Å². The number of fused-ring (bicyclic) bond motifs is 3. The van der Waals surface area contributed by atoms with Crippen LogP contribution in [0.1, 0.15) is 103 Å². The molecule has 0 saturated carbocycles. The van der Waals surface area contributed by atoms with Gasteiger partial charge in [0.2, 0.25) is 0 Å². The van der Waals surface area contributed by atoms with Gasteiger partial charge < -0.3 is 0 Å². The van der Waals surface area contributed by atoms with Crippen molar-refractivity contribution in [2.75, 3.05) is 0 Å². The van der Waals surface area contributed by atoms with Crippen molar-refractivity contribution in [3.63, 3.8) is 0 Å². The van der Waals surface area contributed by atoms with E-state index in [-0.39, 0.29) is 10.8 Å². The molecule has 1 atom stereocenters. The first-order valence-corrected chi connectivity index (χ1v) is 17.0. The molecule has 1 heteroatoms. The van der Waals surface area contributed by atoms with Crippen LogP contribution in [0.5, 0.6) is 0 Å². The molecule has 0 aliphatic heterocycles. The Morgan fingerprint density at radius 3 is 1.67 bits per heavy atom. The molecule has 0 spiro atoms. The van der Waals surface area contributed by atoms with Gasteiger partial charge in [0, 0.05) is 0 Å². The standard InChI is InChI=1S/C21H25.C13H10.C10H15.Ti/c1-20(2,3)16-7-9-18-14(12-16)11-15-13-17(21(4,5)6)8-10-19(15)18;1-3-7-12(8-4-1)11-13-9-5-2-6-10-13;1-8-5-6-9(7-8)10(2,3)4;/h7-10,12H,11H2,1-6H3;1-10H;6-8H,1-4H3;/q-1;;-1;+2. The summed E-state index contributed by atoms with van der Waals surface area (Å²) in [6, 6.07) is 36.1. The zero-order valence-corrected chi connectivity index (χ0v) is 30.7. The molecule has 0 heterocycles. The third kappa shape index (κ3) is 9.25. The maximum absolute atomic E-state index is 3.67. The van der Waals surface area contributed by atoms with Gasteiger partial charge in [-0.05, 0) is 28.4 Å². The van der Waals surface area contributed by atoms with E-state index in [2.05, 4.69) is 192 Å². The van der Waals surface area contributed by atoms with Gasteiger partial charge in [-0.3, -0.25) is 6.08 Å². The van der Waals surface area contributed by atoms with Crippen LogP contribution in [0.25, 0.3) is 11.1 Å². The average molecular weight is 627 g/mol. The summed E-state index contributed by atoms with van der Waals surface area (Å²) in [7, 11) is 0. The number of hydrogen-bond acceptors (Lipinski definition) is 0. The minimum absolute atomic E-state index is 0.167. The monoisotopic (exact) mass is 626 g/mol. The first-order valence-electron chi connectivity index (χ1n) is 16.2. The van der Waals surface area contributed by atoms with Crippen molar-refractivity contribution in [3.8, 4) is 11.1 Å². The Balaban J connectivity index is 0.000000166. The minimum atomic E-state index is 0.167. The van der Waals surface area contributed by atoms with E-state index in [1.807, 2.05) is 12.1 Å². The van der Waals surface area contributed by atoms with E-state index in [1.54, 1.807) is 0 Å². The van der Waals surface area contributed by atoms with Gasteiger partial charge in [0.25, 0.3) is 0 Å². The first-order chi connectivity index (χ1) is 21.0. The molecular weight excluding hydrogens is 576 g/mol. The van der Waals surface area contributed by atoms with Crippen molar-refractivity contribution >= 4 is 3.81 Å². The predicted molar refractivity (Wildman–Crippen MR) is 192 cm³/mol. The van der Waals surface area contributed by atoms with Gasteiger partial charge in [0.15, 0.2) is 0 Å². The van der Waals surface area contributed by atoms with Crippen LogP contribution in [0.2, 0.25) is 0 Å². The molecule has 4 aromatic rings. The van der Waals surface area contributed by atoms with Crippen molar-refractivity contribution in [3.05, 3.63) is 154 Å². The van der Waals surface area contributed by atoms with E-state index in [0.717, 1.165) is 6.42 Å². The van der Waals surface area contributed by atoms with Crippen LogP contribution in [0.15, 0.2) is 109 Å².